The van der Waals surface area contributed by atoms with Crippen molar-refractivity contribution < 1.29 is 9.53 Å². The van der Waals surface area contributed by atoms with Gasteiger partial charge >= 0.3 is 0 Å². The Hall–Kier alpha value is -2.86. The van der Waals surface area contributed by atoms with E-state index in [4.69, 9.17) is 17.0 Å². The average Bonchev–Trinajstić information content (AvgIpc) is 3.04. The van der Waals surface area contributed by atoms with Crippen molar-refractivity contribution in [2.24, 2.45) is 0 Å². The summed E-state index contributed by atoms with van der Waals surface area (Å²) in [4.78, 5) is 15.5. The molecule has 0 saturated carbocycles. The van der Waals surface area contributed by atoms with Gasteiger partial charge in [0.15, 0.2) is 4.77 Å². The van der Waals surface area contributed by atoms with Crippen LogP contribution in [0.15, 0.2) is 60.8 Å². The minimum atomic E-state index is -0.162. The molecule has 0 saturated heterocycles. The molecule has 3 rings (SSSR count). The second-order valence-corrected chi connectivity index (χ2v) is 5.89. The van der Waals surface area contributed by atoms with E-state index in [-0.39, 0.29) is 5.91 Å². The summed E-state index contributed by atoms with van der Waals surface area (Å²) in [6, 6.07) is 17.4. The maximum absolute atomic E-state index is 12.5. The van der Waals surface area contributed by atoms with Crippen LogP contribution in [0, 0.1) is 4.77 Å². The number of nitrogens with zero attached hydrogens (tertiary/aromatic N) is 1. The van der Waals surface area contributed by atoms with Gasteiger partial charge < -0.3 is 15.0 Å². The summed E-state index contributed by atoms with van der Waals surface area (Å²) in [5.41, 5.74) is 2.48. The molecule has 128 valence electrons. The zero-order chi connectivity index (χ0) is 17.6. The molecule has 0 fully saturated rings. The Labute approximate surface area is 151 Å². The molecular weight excluding hydrogens is 334 g/mol. The molecule has 1 aromatic heterocycles. The van der Waals surface area contributed by atoms with E-state index in [0.29, 0.717) is 17.0 Å². The van der Waals surface area contributed by atoms with Gasteiger partial charge in [0, 0.05) is 18.4 Å². The first-order valence-electron chi connectivity index (χ1n) is 7.96. The molecular formula is C19H19N3O2S. The molecule has 0 spiro atoms. The number of imidazole rings is 1. The second kappa shape index (κ2) is 7.81. The van der Waals surface area contributed by atoms with Crippen LogP contribution in [0.25, 0.3) is 5.69 Å². The van der Waals surface area contributed by atoms with E-state index in [9.17, 15) is 4.79 Å². The maximum Gasteiger partial charge on any atom is 0.269 e. The first kappa shape index (κ1) is 17.0. The van der Waals surface area contributed by atoms with Crippen molar-refractivity contribution in [3.63, 3.8) is 0 Å². The lowest BCUT2D eigenvalue weighted by Crippen LogP contribution is -2.27. The van der Waals surface area contributed by atoms with Crippen molar-refractivity contribution in [2.75, 3.05) is 13.7 Å². The number of benzene rings is 2. The summed E-state index contributed by atoms with van der Waals surface area (Å²) in [5.74, 6) is 0.659. The molecule has 2 N–H and O–H groups in total. The Bertz CT molecular complexity index is 898. The highest BCUT2D eigenvalue weighted by molar-refractivity contribution is 7.71. The molecule has 0 bridgehead atoms. The zero-order valence-electron chi connectivity index (χ0n) is 13.9. The fourth-order valence-corrected chi connectivity index (χ4v) is 2.83. The van der Waals surface area contributed by atoms with E-state index < -0.39 is 0 Å². The number of hydrogen-bond acceptors (Lipinski definition) is 3. The second-order valence-electron chi connectivity index (χ2n) is 5.50. The monoisotopic (exact) mass is 353 g/mol. The number of rotatable bonds is 6. The molecule has 0 aliphatic carbocycles. The Kier molecular flexibility index (Phi) is 5.30. The highest BCUT2D eigenvalue weighted by atomic mass is 32.1. The summed E-state index contributed by atoms with van der Waals surface area (Å²) in [5, 5.41) is 2.94. The number of ether oxygens (including phenoxy) is 1. The van der Waals surface area contributed by atoms with Crippen LogP contribution in [0.4, 0.5) is 0 Å². The Morgan fingerprint density at radius 2 is 1.88 bits per heavy atom. The molecule has 1 heterocycles. The molecule has 0 radical (unpaired) electrons. The maximum atomic E-state index is 12.5. The Morgan fingerprint density at radius 3 is 2.56 bits per heavy atom. The fourth-order valence-electron chi connectivity index (χ4n) is 2.57. The van der Waals surface area contributed by atoms with Gasteiger partial charge in [-0.05, 0) is 48.5 Å². The third-order valence-corrected chi connectivity index (χ3v) is 4.18. The predicted molar refractivity (Wildman–Crippen MR) is 100.0 cm³/mol. The highest BCUT2D eigenvalue weighted by Crippen LogP contribution is 2.13. The van der Waals surface area contributed by atoms with Gasteiger partial charge in [0.2, 0.25) is 0 Å². The number of carbonyl (C=O) groups is 1. The minimum absolute atomic E-state index is 0.162. The Balaban J connectivity index is 1.67. The summed E-state index contributed by atoms with van der Waals surface area (Å²) in [7, 11) is 1.64. The third-order valence-electron chi connectivity index (χ3n) is 3.88. The van der Waals surface area contributed by atoms with Gasteiger partial charge in [0.25, 0.3) is 5.91 Å². The van der Waals surface area contributed by atoms with Crippen molar-refractivity contribution in [3.05, 3.63) is 76.8 Å². The number of aromatic amines is 1. The first-order valence-corrected chi connectivity index (χ1v) is 8.37. The van der Waals surface area contributed by atoms with E-state index in [1.165, 1.54) is 0 Å². The van der Waals surface area contributed by atoms with E-state index in [0.717, 1.165) is 23.4 Å². The van der Waals surface area contributed by atoms with Gasteiger partial charge in [0.05, 0.1) is 7.11 Å². The van der Waals surface area contributed by atoms with Gasteiger partial charge in [0.1, 0.15) is 11.4 Å². The normalized spacial score (nSPS) is 10.4. The van der Waals surface area contributed by atoms with Crippen LogP contribution in [0.1, 0.15) is 16.1 Å². The van der Waals surface area contributed by atoms with E-state index >= 15 is 0 Å². The quantitative estimate of drug-likeness (QED) is 0.667. The summed E-state index contributed by atoms with van der Waals surface area (Å²) in [6.45, 7) is 0.540. The largest absolute Gasteiger partial charge is 0.497 e. The molecule has 2 aromatic carbocycles. The Morgan fingerprint density at radius 1 is 1.16 bits per heavy atom. The standard InChI is InChI=1S/C19H19N3O2S/c1-24-16-9-7-14(8-10-16)11-12-20-18(23)17-13-21-19(25)22(17)15-5-3-2-4-6-15/h2-10,13H,11-12H2,1H3,(H,20,23)(H,21,25). The molecule has 3 aromatic rings. The molecule has 0 atom stereocenters. The van der Waals surface area contributed by atoms with Crippen LogP contribution in [-0.2, 0) is 6.42 Å². The van der Waals surface area contributed by atoms with Gasteiger partial charge in [-0.25, -0.2) is 0 Å². The van der Waals surface area contributed by atoms with Crippen molar-refractivity contribution in [3.8, 4) is 11.4 Å². The number of hydrogen-bond donors (Lipinski definition) is 2. The zero-order valence-corrected chi connectivity index (χ0v) is 14.7. The summed E-state index contributed by atoms with van der Waals surface area (Å²) in [6.07, 6.45) is 2.38. The first-order chi connectivity index (χ1) is 12.2. The number of carbonyl (C=O) groups excluding carboxylic acids is 1. The number of para-hydroxylation sites is 1. The van der Waals surface area contributed by atoms with Gasteiger partial charge in [-0.1, -0.05) is 30.3 Å². The molecule has 0 aliphatic rings. The molecule has 6 heteroatoms. The molecule has 0 aliphatic heterocycles. The van der Waals surface area contributed by atoms with E-state index in [1.807, 2.05) is 54.6 Å². The lowest BCUT2D eigenvalue weighted by atomic mass is 10.1. The van der Waals surface area contributed by atoms with Crippen LogP contribution in [0.2, 0.25) is 0 Å². The SMILES string of the molecule is COc1ccc(CCNC(=O)c2c[nH]c(=S)n2-c2ccccc2)cc1. The van der Waals surface area contributed by atoms with Crippen molar-refractivity contribution in [1.29, 1.82) is 0 Å². The van der Waals surface area contributed by atoms with Crippen molar-refractivity contribution in [1.82, 2.24) is 14.9 Å². The molecule has 5 nitrogen and oxygen atoms in total. The van der Waals surface area contributed by atoms with Crippen LogP contribution in [-0.4, -0.2) is 29.1 Å². The summed E-state index contributed by atoms with van der Waals surface area (Å²) < 4.78 is 7.37. The lowest BCUT2D eigenvalue weighted by Gasteiger charge is -2.09. The van der Waals surface area contributed by atoms with Crippen LogP contribution in [0.5, 0.6) is 5.75 Å². The smallest absolute Gasteiger partial charge is 0.269 e. The van der Waals surface area contributed by atoms with Gasteiger partial charge in [-0.2, -0.15) is 0 Å². The topological polar surface area (TPSA) is 59.0 Å². The number of nitrogens with one attached hydrogen (secondary N) is 2. The fraction of sp³-hybridized carbons (Fsp3) is 0.158. The summed E-state index contributed by atoms with van der Waals surface area (Å²) >= 11 is 5.30. The minimum Gasteiger partial charge on any atom is -0.497 e. The van der Waals surface area contributed by atoms with Crippen LogP contribution >= 0.6 is 12.2 Å². The van der Waals surface area contributed by atoms with Crippen LogP contribution < -0.4 is 10.1 Å². The van der Waals surface area contributed by atoms with Crippen molar-refractivity contribution in [2.45, 2.75) is 6.42 Å². The van der Waals surface area contributed by atoms with Crippen molar-refractivity contribution >= 4 is 18.1 Å². The average molecular weight is 353 g/mol. The molecule has 1 amide bonds. The third kappa shape index (κ3) is 3.97. The van der Waals surface area contributed by atoms with Crippen LogP contribution in [0.3, 0.4) is 0 Å². The number of H-pyrrole nitrogens is 1. The molecule has 25 heavy (non-hydrogen) atoms. The van der Waals surface area contributed by atoms with E-state index in [1.54, 1.807) is 17.9 Å². The lowest BCUT2D eigenvalue weighted by molar-refractivity contribution is 0.0947. The predicted octanol–water partition coefficient (Wildman–Crippen LogP) is 3.52. The van der Waals surface area contributed by atoms with E-state index in [2.05, 4.69) is 10.3 Å². The number of amides is 1. The number of aromatic nitrogens is 2. The van der Waals surface area contributed by atoms with Gasteiger partial charge in [-0.3, -0.25) is 9.36 Å². The number of methoxy groups -OCH3 is 1. The van der Waals surface area contributed by atoms with Gasteiger partial charge in [-0.15, -0.1) is 0 Å². The highest BCUT2D eigenvalue weighted by Gasteiger charge is 2.13. The molecule has 0 unspecified atom stereocenters.